The second-order valence-corrected chi connectivity index (χ2v) is 10.1. The lowest BCUT2D eigenvalue weighted by atomic mass is 9.68. The van der Waals surface area contributed by atoms with Crippen molar-refractivity contribution in [1.29, 1.82) is 0 Å². The molecule has 12 heteroatoms. The highest BCUT2D eigenvalue weighted by atomic mass is 35.5. The Morgan fingerprint density at radius 3 is 2.76 bits per heavy atom. The molecule has 1 amide bonds. The van der Waals surface area contributed by atoms with E-state index in [1.807, 2.05) is 0 Å². The predicted octanol–water partition coefficient (Wildman–Crippen LogP) is 4.17. The zero-order valence-corrected chi connectivity index (χ0v) is 19.0. The second kappa shape index (κ2) is 8.01. The van der Waals surface area contributed by atoms with Gasteiger partial charge in [-0.2, -0.15) is 0 Å². The van der Waals surface area contributed by atoms with Gasteiger partial charge in [0.2, 0.25) is 5.91 Å². The number of halogens is 1. The molecule has 2 N–H and O–H groups in total. The number of nitrogens with one attached hydrogen (secondary N) is 2. The molecule has 2 atom stereocenters. The predicted molar refractivity (Wildman–Crippen MR) is 123 cm³/mol. The maximum atomic E-state index is 13.3. The molecule has 0 aliphatic carbocycles. The monoisotopic (exact) mass is 503 g/mol. The summed E-state index contributed by atoms with van der Waals surface area (Å²) in [4.78, 5) is 52.4. The van der Waals surface area contributed by atoms with Crippen molar-refractivity contribution in [3.05, 3.63) is 77.7 Å². The lowest BCUT2D eigenvalue weighted by Gasteiger charge is -2.44. The number of fused-ring (bicyclic) bond motifs is 5. The van der Waals surface area contributed by atoms with E-state index in [0.717, 1.165) is 11.3 Å². The minimum absolute atomic E-state index is 0.159. The molecule has 0 radical (unpaired) electrons. The van der Waals surface area contributed by atoms with E-state index in [0.29, 0.717) is 26.2 Å². The van der Waals surface area contributed by atoms with Crippen LogP contribution in [0.4, 0.5) is 11.4 Å². The quantitative estimate of drug-likeness (QED) is 0.236. The lowest BCUT2D eigenvalue weighted by molar-refractivity contribution is -0.385. The highest BCUT2D eigenvalue weighted by Gasteiger charge is 2.57. The van der Waals surface area contributed by atoms with Crippen LogP contribution in [0, 0.1) is 15.5 Å². The summed E-state index contributed by atoms with van der Waals surface area (Å²) >= 11 is 8.08. The first kappa shape index (κ1) is 21.7. The summed E-state index contributed by atoms with van der Waals surface area (Å²) in [6, 6.07) is 10.5. The number of anilines is 1. The van der Waals surface area contributed by atoms with Gasteiger partial charge in [-0.1, -0.05) is 22.9 Å². The molecule has 1 aromatic heterocycles. The number of nitro benzene ring substituents is 1. The smallest absolute Gasteiger partial charge is 0.319 e. The van der Waals surface area contributed by atoms with E-state index in [9.17, 15) is 24.5 Å². The van der Waals surface area contributed by atoms with Crippen LogP contribution in [0.3, 0.4) is 0 Å². The number of nitrogens with zero attached hydrogens (tertiary/aromatic N) is 1. The first-order valence-corrected chi connectivity index (χ1v) is 11.9. The Kier molecular flexibility index (Phi) is 5.26. The first-order valence-electron chi connectivity index (χ1n) is 9.69. The topological polar surface area (TPSA) is 131 Å². The molecule has 0 bridgehead atoms. The number of carbonyl (C=O) groups is 2. The molecule has 168 valence electrons. The minimum atomic E-state index is -1.35. The number of hydrogen-bond donors (Lipinski definition) is 2. The largest absolute Gasteiger partial charge is 0.426 e. The summed E-state index contributed by atoms with van der Waals surface area (Å²) in [6.45, 7) is 0. The third-order valence-electron chi connectivity index (χ3n) is 5.66. The molecule has 0 fully saturated rings. The van der Waals surface area contributed by atoms with Gasteiger partial charge in [-0.3, -0.25) is 24.5 Å². The molecule has 0 saturated heterocycles. The van der Waals surface area contributed by atoms with Crippen LogP contribution < -0.4 is 14.9 Å². The number of ether oxygens (including phenoxy) is 1. The van der Waals surface area contributed by atoms with Crippen molar-refractivity contribution in [3.63, 3.8) is 0 Å². The van der Waals surface area contributed by atoms with Crippen LogP contribution >= 0.6 is 34.7 Å². The Morgan fingerprint density at radius 2 is 2.03 bits per heavy atom. The van der Waals surface area contributed by atoms with Gasteiger partial charge in [0, 0.05) is 51.4 Å². The number of non-ortho nitro benzene ring substituents is 1. The Morgan fingerprint density at radius 1 is 1.27 bits per heavy atom. The number of esters is 1. The molecular weight excluding hydrogens is 490 g/mol. The van der Waals surface area contributed by atoms with Crippen LogP contribution in [0.25, 0.3) is 0 Å². The SMILES string of the molecule is O=C(C[C@@]12CSc3[nH]c(=O)sc3[C@H]1c1cc([N+](=O)[O-])ccc1OC2=O)Nc1ccc(Cl)cc1. The molecule has 3 aromatic rings. The van der Waals surface area contributed by atoms with Crippen molar-refractivity contribution in [1.82, 2.24) is 4.98 Å². The van der Waals surface area contributed by atoms with E-state index in [1.54, 1.807) is 24.3 Å². The Bertz CT molecular complexity index is 1370. The number of benzene rings is 2. The summed E-state index contributed by atoms with van der Waals surface area (Å²) in [5.41, 5.74) is -0.608. The normalized spacial score (nSPS) is 20.8. The van der Waals surface area contributed by atoms with Crippen LogP contribution in [0.15, 0.2) is 52.3 Å². The van der Waals surface area contributed by atoms with Crippen molar-refractivity contribution in [3.8, 4) is 5.75 Å². The molecule has 2 aromatic carbocycles. The van der Waals surface area contributed by atoms with Crippen LogP contribution in [-0.2, 0) is 9.59 Å². The van der Waals surface area contributed by atoms with E-state index in [2.05, 4.69) is 10.3 Å². The van der Waals surface area contributed by atoms with Gasteiger partial charge < -0.3 is 15.0 Å². The Balaban J connectivity index is 1.60. The second-order valence-electron chi connectivity index (χ2n) is 7.69. The summed E-state index contributed by atoms with van der Waals surface area (Å²) in [7, 11) is 0. The maximum absolute atomic E-state index is 13.3. The number of aromatic nitrogens is 1. The fraction of sp³-hybridized carbons (Fsp3) is 0.190. The summed E-state index contributed by atoms with van der Waals surface area (Å²) < 4.78 is 5.57. The van der Waals surface area contributed by atoms with Crippen LogP contribution in [0.2, 0.25) is 5.02 Å². The third-order valence-corrected chi connectivity index (χ3v) is 8.26. The van der Waals surface area contributed by atoms with Crippen molar-refractivity contribution in [2.75, 3.05) is 11.1 Å². The van der Waals surface area contributed by atoms with Crippen molar-refractivity contribution >= 4 is 58.0 Å². The van der Waals surface area contributed by atoms with Crippen molar-refractivity contribution in [2.24, 2.45) is 5.41 Å². The number of rotatable bonds is 4. The average molecular weight is 504 g/mol. The van der Waals surface area contributed by atoms with Crippen LogP contribution in [0.1, 0.15) is 22.8 Å². The highest BCUT2D eigenvalue weighted by Crippen LogP contribution is 2.58. The molecule has 0 spiro atoms. The number of thioether (sulfide) groups is 1. The number of aromatic amines is 1. The van der Waals surface area contributed by atoms with E-state index >= 15 is 0 Å². The Labute approximate surface area is 199 Å². The van der Waals surface area contributed by atoms with Crippen molar-refractivity contribution in [2.45, 2.75) is 17.4 Å². The number of amides is 1. The summed E-state index contributed by atoms with van der Waals surface area (Å²) in [5, 5.41) is 15.3. The van der Waals surface area contributed by atoms with Gasteiger partial charge in [-0.05, 0) is 30.3 Å². The van der Waals surface area contributed by atoms with Gasteiger partial charge >= 0.3 is 10.8 Å². The van der Waals surface area contributed by atoms with Gasteiger partial charge in [0.15, 0.2) is 0 Å². The van der Waals surface area contributed by atoms with Gasteiger partial charge in [-0.25, -0.2) is 0 Å². The standard InChI is InChI=1S/C21H14ClN3O6S2/c22-10-1-3-11(4-2-10)23-15(26)8-21-9-32-18-17(33-20(28)24-18)16(21)13-7-12(25(29)30)5-6-14(13)31-19(21)27/h1-7,16H,8-9H2,(H,23,26)(H,24,28)/t16-,21-/m1/s1. The maximum Gasteiger partial charge on any atom is 0.319 e. The summed E-state index contributed by atoms with van der Waals surface area (Å²) in [6.07, 6.45) is -0.236. The zero-order valence-electron chi connectivity index (χ0n) is 16.6. The van der Waals surface area contributed by atoms with E-state index < -0.39 is 28.1 Å². The lowest BCUT2D eigenvalue weighted by Crippen LogP contribution is -2.49. The number of thiazole rings is 1. The molecule has 3 heterocycles. The fourth-order valence-electron chi connectivity index (χ4n) is 4.19. The average Bonchev–Trinajstić information content (AvgIpc) is 3.15. The number of hydrogen-bond acceptors (Lipinski definition) is 8. The molecule has 2 aliphatic rings. The molecule has 33 heavy (non-hydrogen) atoms. The Hall–Kier alpha value is -3.15. The fourth-order valence-corrected chi connectivity index (χ4v) is 6.87. The number of nitro groups is 1. The van der Waals surface area contributed by atoms with E-state index in [1.165, 1.54) is 30.0 Å². The zero-order chi connectivity index (χ0) is 23.3. The molecular formula is C21H14ClN3O6S2. The van der Waals surface area contributed by atoms with Gasteiger partial charge in [0.25, 0.3) is 5.69 Å². The third kappa shape index (κ3) is 3.71. The minimum Gasteiger partial charge on any atom is -0.426 e. The first-order chi connectivity index (χ1) is 15.8. The molecule has 9 nitrogen and oxygen atoms in total. The molecule has 0 unspecified atom stereocenters. The molecule has 0 saturated carbocycles. The molecule has 5 rings (SSSR count). The van der Waals surface area contributed by atoms with E-state index in [-0.39, 0.29) is 28.5 Å². The van der Waals surface area contributed by atoms with Crippen molar-refractivity contribution < 1.29 is 19.2 Å². The van der Waals surface area contributed by atoms with Gasteiger partial charge in [0.1, 0.15) is 5.75 Å². The molecule has 2 aliphatic heterocycles. The summed E-state index contributed by atoms with van der Waals surface area (Å²) in [5.74, 6) is -1.45. The highest BCUT2D eigenvalue weighted by molar-refractivity contribution is 7.99. The number of carbonyl (C=O) groups excluding carboxylic acids is 2. The van der Waals surface area contributed by atoms with Crippen LogP contribution in [0.5, 0.6) is 5.75 Å². The van der Waals surface area contributed by atoms with E-state index in [4.69, 9.17) is 16.3 Å². The number of H-pyrrole nitrogens is 1. The van der Waals surface area contributed by atoms with Gasteiger partial charge in [-0.15, -0.1) is 11.8 Å². The van der Waals surface area contributed by atoms with Gasteiger partial charge in [0.05, 0.1) is 15.4 Å². The van der Waals surface area contributed by atoms with Crippen LogP contribution in [-0.4, -0.2) is 27.5 Å².